The number of rotatable bonds is 6. The Morgan fingerprint density at radius 2 is 1.50 bits per heavy atom. The van der Waals surface area contributed by atoms with Crippen LogP contribution in [0.3, 0.4) is 0 Å². The zero-order valence-corrected chi connectivity index (χ0v) is 18.3. The average Bonchev–Trinajstić information content (AvgIpc) is 2.71. The summed E-state index contributed by atoms with van der Waals surface area (Å²) >= 11 is 0. The molecule has 0 aliphatic heterocycles. The average molecular weight is 488 g/mol. The minimum atomic E-state index is -5.31. The quantitative estimate of drug-likeness (QED) is 0.233. The number of benzene rings is 2. The van der Waals surface area contributed by atoms with Crippen LogP contribution in [0.4, 0.5) is 30.7 Å². The smallest absolute Gasteiger partial charge is 0.422 e. The SMILES string of the molecule is CCCC1CCC(/C=C/c2cc(F)c(C(=O)Oc3cc(F)c(C(F)(F)F)c(F)c3)c(F)c2)CC1. The number of halogens is 7. The van der Waals surface area contributed by atoms with Crippen molar-refractivity contribution in [3.8, 4) is 5.75 Å². The maximum atomic E-state index is 14.5. The molecule has 0 N–H and O–H groups in total. The molecule has 3 rings (SSSR count). The van der Waals surface area contributed by atoms with E-state index < -0.39 is 52.3 Å². The van der Waals surface area contributed by atoms with E-state index >= 15 is 0 Å². The summed E-state index contributed by atoms with van der Waals surface area (Å²) < 4.78 is 98.8. The Bertz CT molecular complexity index is 1020. The molecule has 9 heteroatoms. The lowest BCUT2D eigenvalue weighted by molar-refractivity contribution is -0.142. The van der Waals surface area contributed by atoms with Crippen LogP contribution in [0.2, 0.25) is 0 Å². The van der Waals surface area contributed by atoms with Crippen molar-refractivity contribution in [3.05, 3.63) is 70.3 Å². The van der Waals surface area contributed by atoms with Crippen LogP contribution >= 0.6 is 0 Å². The number of carbonyl (C=O) groups is 1. The van der Waals surface area contributed by atoms with Gasteiger partial charge in [0.2, 0.25) is 0 Å². The van der Waals surface area contributed by atoms with Crippen molar-refractivity contribution in [1.82, 2.24) is 0 Å². The molecule has 0 bridgehead atoms. The molecule has 2 nitrogen and oxygen atoms in total. The zero-order valence-electron chi connectivity index (χ0n) is 18.3. The number of ether oxygens (including phenoxy) is 1. The van der Waals surface area contributed by atoms with E-state index in [2.05, 4.69) is 11.7 Å². The van der Waals surface area contributed by atoms with Crippen molar-refractivity contribution < 1.29 is 40.3 Å². The van der Waals surface area contributed by atoms with E-state index in [1.165, 1.54) is 6.42 Å². The third-order valence-electron chi connectivity index (χ3n) is 5.93. The van der Waals surface area contributed by atoms with Gasteiger partial charge in [0.1, 0.15) is 40.1 Å². The summed E-state index contributed by atoms with van der Waals surface area (Å²) in [7, 11) is 0. The molecule has 2 aromatic rings. The van der Waals surface area contributed by atoms with Crippen LogP contribution < -0.4 is 4.74 Å². The second-order valence-electron chi connectivity index (χ2n) is 8.44. The minimum Gasteiger partial charge on any atom is -0.423 e. The number of esters is 1. The number of hydrogen-bond donors (Lipinski definition) is 0. The van der Waals surface area contributed by atoms with Crippen molar-refractivity contribution in [2.45, 2.75) is 51.6 Å². The number of hydrogen-bond acceptors (Lipinski definition) is 2. The Labute approximate surface area is 192 Å². The minimum absolute atomic E-state index is 0.117. The first-order valence-corrected chi connectivity index (χ1v) is 10.9. The maximum Gasteiger partial charge on any atom is 0.422 e. The van der Waals surface area contributed by atoms with Crippen LogP contribution in [-0.4, -0.2) is 5.97 Å². The second kappa shape index (κ2) is 10.6. The lowest BCUT2D eigenvalue weighted by atomic mass is 9.80. The van der Waals surface area contributed by atoms with Crippen molar-refractivity contribution in [1.29, 1.82) is 0 Å². The molecular weight excluding hydrogens is 465 g/mol. The Hall–Kier alpha value is -2.84. The molecule has 184 valence electrons. The van der Waals surface area contributed by atoms with Crippen LogP contribution in [-0.2, 0) is 6.18 Å². The van der Waals surface area contributed by atoms with Gasteiger partial charge >= 0.3 is 12.1 Å². The van der Waals surface area contributed by atoms with E-state index in [1.807, 2.05) is 6.08 Å². The number of alkyl halides is 3. The molecular formula is C25H23F7O2. The molecule has 0 amide bonds. The van der Waals surface area contributed by atoms with E-state index in [4.69, 9.17) is 0 Å². The van der Waals surface area contributed by atoms with Crippen LogP contribution in [0, 0.1) is 35.1 Å². The van der Waals surface area contributed by atoms with E-state index in [-0.39, 0.29) is 23.6 Å². The van der Waals surface area contributed by atoms with Gasteiger partial charge in [-0.3, -0.25) is 0 Å². The Kier molecular flexibility index (Phi) is 8.05. The van der Waals surface area contributed by atoms with Gasteiger partial charge in [-0.2, -0.15) is 13.2 Å². The van der Waals surface area contributed by atoms with Crippen molar-refractivity contribution in [2.75, 3.05) is 0 Å². The molecule has 0 aromatic heterocycles. The van der Waals surface area contributed by atoms with Gasteiger partial charge in [-0.05, 0) is 55.2 Å². The highest BCUT2D eigenvalue weighted by atomic mass is 19.4. The summed E-state index contributed by atoms with van der Waals surface area (Å²) in [5.41, 5.74) is -3.12. The molecule has 34 heavy (non-hydrogen) atoms. The highest BCUT2D eigenvalue weighted by Gasteiger charge is 2.38. The highest BCUT2D eigenvalue weighted by molar-refractivity contribution is 5.92. The first kappa shape index (κ1) is 25.8. The molecule has 0 radical (unpaired) electrons. The highest BCUT2D eigenvalue weighted by Crippen LogP contribution is 2.36. The molecule has 2 aromatic carbocycles. The third kappa shape index (κ3) is 6.18. The summed E-state index contributed by atoms with van der Waals surface area (Å²) in [4.78, 5) is 12.2. The van der Waals surface area contributed by atoms with Crippen molar-refractivity contribution in [3.63, 3.8) is 0 Å². The van der Waals surface area contributed by atoms with Crippen LogP contribution in [0.25, 0.3) is 6.08 Å². The van der Waals surface area contributed by atoms with Gasteiger partial charge < -0.3 is 4.74 Å². The van der Waals surface area contributed by atoms with Crippen LogP contribution in [0.15, 0.2) is 30.3 Å². The number of carbonyl (C=O) groups excluding carboxylic acids is 1. The molecule has 0 unspecified atom stereocenters. The van der Waals surface area contributed by atoms with Gasteiger partial charge in [-0.25, -0.2) is 22.4 Å². The maximum absolute atomic E-state index is 14.5. The molecule has 1 aliphatic carbocycles. The van der Waals surface area contributed by atoms with Crippen molar-refractivity contribution >= 4 is 12.0 Å². The standard InChI is InChI=1S/C25H23F7O2/c1-2-3-14-4-6-15(7-5-14)8-9-16-10-18(26)22(19(27)11-16)24(33)34-17-12-20(28)23(21(29)13-17)25(30,31)32/h8-15H,2-7H2,1H3/b9-8+. The largest absolute Gasteiger partial charge is 0.423 e. The predicted molar refractivity (Wildman–Crippen MR) is 112 cm³/mol. The van der Waals surface area contributed by atoms with E-state index in [9.17, 15) is 35.5 Å². The van der Waals surface area contributed by atoms with Crippen LogP contribution in [0.5, 0.6) is 5.75 Å². The molecule has 0 atom stereocenters. The first-order chi connectivity index (χ1) is 16.0. The number of allylic oxidation sites excluding steroid dienone is 1. The lowest BCUT2D eigenvalue weighted by Gasteiger charge is -2.26. The first-order valence-electron chi connectivity index (χ1n) is 10.9. The fraction of sp³-hybridized carbons (Fsp3) is 0.400. The summed E-state index contributed by atoms with van der Waals surface area (Å²) in [6.45, 7) is 2.15. The van der Waals surface area contributed by atoms with Gasteiger partial charge in [0.25, 0.3) is 0 Å². The summed E-state index contributed by atoms with van der Waals surface area (Å²) in [6.07, 6.45) is 4.62. The third-order valence-corrected chi connectivity index (χ3v) is 5.93. The van der Waals surface area contributed by atoms with Crippen molar-refractivity contribution in [2.24, 2.45) is 11.8 Å². The van der Waals surface area contributed by atoms with Gasteiger partial charge in [-0.15, -0.1) is 0 Å². The lowest BCUT2D eigenvalue weighted by Crippen LogP contribution is -2.15. The fourth-order valence-corrected chi connectivity index (χ4v) is 4.25. The van der Waals surface area contributed by atoms with Crippen LogP contribution in [0.1, 0.15) is 66.9 Å². The predicted octanol–water partition coefficient (Wildman–Crippen LogP) is 8.10. The molecule has 0 spiro atoms. The molecule has 1 aliphatic rings. The summed E-state index contributed by atoms with van der Waals surface area (Å²) in [6, 6.07) is 2.05. The van der Waals surface area contributed by atoms with Gasteiger partial charge in [0, 0.05) is 12.1 Å². The van der Waals surface area contributed by atoms with Gasteiger partial charge in [0.05, 0.1) is 0 Å². The molecule has 0 saturated heterocycles. The fourth-order valence-electron chi connectivity index (χ4n) is 4.25. The summed E-state index contributed by atoms with van der Waals surface area (Å²) in [5.74, 6) is -8.21. The Balaban J connectivity index is 1.72. The normalized spacial score (nSPS) is 18.9. The van der Waals surface area contributed by atoms with E-state index in [1.54, 1.807) is 6.08 Å². The van der Waals surface area contributed by atoms with Gasteiger partial charge in [-0.1, -0.05) is 31.9 Å². The Morgan fingerprint density at radius 3 is 2.00 bits per heavy atom. The molecule has 1 saturated carbocycles. The topological polar surface area (TPSA) is 26.3 Å². The zero-order chi connectivity index (χ0) is 25.0. The van der Waals surface area contributed by atoms with E-state index in [0.717, 1.165) is 44.2 Å². The molecule has 1 fully saturated rings. The molecule has 0 heterocycles. The van der Waals surface area contributed by atoms with Gasteiger partial charge in [0.15, 0.2) is 0 Å². The van der Waals surface area contributed by atoms with E-state index in [0.29, 0.717) is 5.92 Å². The second-order valence-corrected chi connectivity index (χ2v) is 8.44. The monoisotopic (exact) mass is 488 g/mol. The summed E-state index contributed by atoms with van der Waals surface area (Å²) in [5, 5.41) is 0. The Morgan fingerprint density at radius 1 is 0.941 bits per heavy atom.